The molecule has 10 nitrogen and oxygen atoms in total. The number of hydrogen-bond acceptors (Lipinski definition) is 7. The number of nitrogens with one attached hydrogen (secondary N) is 2. The van der Waals surface area contributed by atoms with E-state index in [1.165, 1.54) is 17.4 Å². The number of H-pyrrole nitrogens is 1. The molecule has 0 aliphatic heterocycles. The Balaban J connectivity index is 1.56. The van der Waals surface area contributed by atoms with E-state index in [0.29, 0.717) is 34.3 Å². The van der Waals surface area contributed by atoms with E-state index in [1.807, 2.05) is 0 Å². The molecule has 2 N–H and O–H groups in total. The van der Waals surface area contributed by atoms with Crippen LogP contribution in [-0.2, 0) is 0 Å². The highest BCUT2D eigenvalue weighted by atomic mass is 19.1. The Labute approximate surface area is 225 Å². The number of hydrogen-bond donors (Lipinski definition) is 2. The average Bonchev–Trinajstić information content (AvgIpc) is 3.54. The van der Waals surface area contributed by atoms with E-state index in [4.69, 9.17) is 4.52 Å². The summed E-state index contributed by atoms with van der Waals surface area (Å²) in [7, 11) is 3.23. The van der Waals surface area contributed by atoms with Crippen molar-refractivity contribution in [1.29, 1.82) is 0 Å². The predicted octanol–water partition coefficient (Wildman–Crippen LogP) is 4.76. The van der Waals surface area contributed by atoms with Gasteiger partial charge in [-0.1, -0.05) is 24.9 Å². The van der Waals surface area contributed by atoms with Crippen molar-refractivity contribution in [2.24, 2.45) is 11.8 Å². The van der Waals surface area contributed by atoms with Crippen LogP contribution in [0.5, 0.6) is 0 Å². The SMILES string of the molecule is Cc1ncc(-c2ccc3[nH]c(C(NC(=O)c4conc4C)C4CCC(C)CC4)nc3c2F)c(C(=O)N(C)C)n1. The van der Waals surface area contributed by atoms with Crippen molar-refractivity contribution in [1.82, 2.24) is 35.3 Å². The van der Waals surface area contributed by atoms with Gasteiger partial charge in [-0.05, 0) is 50.7 Å². The Morgan fingerprint density at radius 1 is 1.13 bits per heavy atom. The normalized spacial score (nSPS) is 18.2. The first-order chi connectivity index (χ1) is 18.6. The maximum Gasteiger partial charge on any atom is 0.272 e. The molecule has 4 aromatic rings. The number of aromatic amines is 1. The standard InChI is InChI=1S/C28H32FN7O3/c1-14-6-8-17(9-7-14)23(34-27(37)20-13-39-35-15(20)2)26-32-21-11-10-18(22(29)25(21)33-26)19-12-30-16(3)31-24(19)28(38)36(4)5/h10-14,17,23H,6-9H2,1-5H3,(H,32,33)(H,34,37). The third kappa shape index (κ3) is 5.13. The molecule has 0 spiro atoms. The first-order valence-electron chi connectivity index (χ1n) is 13.1. The van der Waals surface area contributed by atoms with Crippen molar-refractivity contribution in [3.63, 3.8) is 0 Å². The van der Waals surface area contributed by atoms with Crippen molar-refractivity contribution >= 4 is 22.8 Å². The molecule has 11 heteroatoms. The zero-order valence-corrected chi connectivity index (χ0v) is 22.7. The zero-order valence-electron chi connectivity index (χ0n) is 22.7. The summed E-state index contributed by atoms with van der Waals surface area (Å²) in [6.07, 6.45) is 6.69. The Morgan fingerprint density at radius 3 is 2.54 bits per heavy atom. The second-order valence-corrected chi connectivity index (χ2v) is 10.6. The number of fused-ring (bicyclic) bond motifs is 1. The van der Waals surface area contributed by atoms with Gasteiger partial charge in [-0.15, -0.1) is 0 Å². The minimum atomic E-state index is -0.590. The highest BCUT2D eigenvalue weighted by molar-refractivity contribution is 5.99. The van der Waals surface area contributed by atoms with Crippen LogP contribution in [-0.4, -0.2) is 55.9 Å². The number of amides is 2. The third-order valence-electron chi connectivity index (χ3n) is 7.53. The third-order valence-corrected chi connectivity index (χ3v) is 7.53. The van der Waals surface area contributed by atoms with Crippen molar-refractivity contribution in [2.75, 3.05) is 14.1 Å². The molecule has 3 heterocycles. The van der Waals surface area contributed by atoms with Gasteiger partial charge < -0.3 is 19.7 Å². The molecule has 39 heavy (non-hydrogen) atoms. The Kier molecular flexibility index (Phi) is 7.16. The number of benzene rings is 1. The van der Waals surface area contributed by atoms with Gasteiger partial charge in [0.2, 0.25) is 0 Å². The number of rotatable bonds is 6. The van der Waals surface area contributed by atoms with Crippen LogP contribution < -0.4 is 5.32 Å². The van der Waals surface area contributed by atoms with Crippen LogP contribution in [0.15, 0.2) is 29.1 Å². The lowest BCUT2D eigenvalue weighted by atomic mass is 9.79. The van der Waals surface area contributed by atoms with E-state index in [1.54, 1.807) is 40.1 Å². The van der Waals surface area contributed by atoms with E-state index in [2.05, 4.69) is 37.3 Å². The molecule has 1 fully saturated rings. The topological polar surface area (TPSA) is 130 Å². The van der Waals surface area contributed by atoms with E-state index in [0.717, 1.165) is 25.7 Å². The molecule has 0 radical (unpaired) electrons. The van der Waals surface area contributed by atoms with Crippen molar-refractivity contribution in [3.8, 4) is 11.1 Å². The fourth-order valence-electron chi connectivity index (χ4n) is 5.22. The monoisotopic (exact) mass is 533 g/mol. The smallest absolute Gasteiger partial charge is 0.272 e. The lowest BCUT2D eigenvalue weighted by molar-refractivity contribution is 0.0821. The molecule has 1 aliphatic rings. The van der Waals surface area contributed by atoms with Gasteiger partial charge in [0.25, 0.3) is 11.8 Å². The number of carbonyl (C=O) groups is 2. The molecular weight excluding hydrogens is 501 g/mol. The van der Waals surface area contributed by atoms with E-state index in [-0.39, 0.29) is 40.1 Å². The number of imidazole rings is 1. The van der Waals surface area contributed by atoms with Gasteiger partial charge in [0.1, 0.15) is 34.7 Å². The van der Waals surface area contributed by atoms with Crippen LogP contribution in [0.1, 0.15) is 76.8 Å². The minimum absolute atomic E-state index is 0.118. The second kappa shape index (κ2) is 10.5. The number of halogens is 1. The van der Waals surface area contributed by atoms with Crippen molar-refractivity contribution < 1.29 is 18.5 Å². The highest BCUT2D eigenvalue weighted by Gasteiger charge is 2.32. The van der Waals surface area contributed by atoms with Gasteiger partial charge >= 0.3 is 0 Å². The minimum Gasteiger partial charge on any atom is -0.364 e. The molecule has 1 aromatic carbocycles. The Hall–Kier alpha value is -4.15. The molecule has 3 aromatic heterocycles. The lowest BCUT2D eigenvalue weighted by Crippen LogP contribution is -2.36. The van der Waals surface area contributed by atoms with Gasteiger partial charge in [-0.2, -0.15) is 0 Å². The van der Waals surface area contributed by atoms with Gasteiger partial charge in [0.05, 0.1) is 17.3 Å². The quantitative estimate of drug-likeness (QED) is 0.365. The molecule has 0 saturated heterocycles. The fraction of sp³-hybridized carbons (Fsp3) is 0.429. The molecule has 1 aliphatic carbocycles. The summed E-state index contributed by atoms with van der Waals surface area (Å²) in [5, 5.41) is 6.92. The first-order valence-corrected chi connectivity index (χ1v) is 13.1. The van der Waals surface area contributed by atoms with Crippen molar-refractivity contribution in [2.45, 2.75) is 52.5 Å². The summed E-state index contributed by atoms with van der Waals surface area (Å²) in [4.78, 5) is 43.8. The molecule has 1 atom stereocenters. The average molecular weight is 534 g/mol. The summed E-state index contributed by atoms with van der Waals surface area (Å²) in [6.45, 7) is 5.61. The van der Waals surface area contributed by atoms with Gasteiger partial charge in [0, 0.05) is 31.4 Å². The van der Waals surface area contributed by atoms with Crippen LogP contribution in [0.25, 0.3) is 22.2 Å². The zero-order chi connectivity index (χ0) is 27.8. The Morgan fingerprint density at radius 2 is 1.87 bits per heavy atom. The number of nitrogens with zero attached hydrogens (tertiary/aromatic N) is 5. The number of carbonyl (C=O) groups excluding carboxylic acids is 2. The highest BCUT2D eigenvalue weighted by Crippen LogP contribution is 2.38. The van der Waals surface area contributed by atoms with Crippen LogP contribution in [0, 0.1) is 31.5 Å². The molecule has 1 unspecified atom stereocenters. The number of aromatic nitrogens is 5. The van der Waals surface area contributed by atoms with Gasteiger partial charge in [0.15, 0.2) is 5.82 Å². The van der Waals surface area contributed by atoms with Crippen LogP contribution in [0.3, 0.4) is 0 Å². The molecule has 2 amide bonds. The van der Waals surface area contributed by atoms with Crippen molar-refractivity contribution in [3.05, 3.63) is 59.0 Å². The van der Waals surface area contributed by atoms with Gasteiger partial charge in [-0.25, -0.2) is 19.3 Å². The molecule has 5 rings (SSSR count). The summed E-state index contributed by atoms with van der Waals surface area (Å²) < 4.78 is 21.0. The predicted molar refractivity (Wildman–Crippen MR) is 142 cm³/mol. The summed E-state index contributed by atoms with van der Waals surface area (Å²) in [5.74, 6) is 0.377. The maximum atomic E-state index is 16.0. The first kappa shape index (κ1) is 26.5. The summed E-state index contributed by atoms with van der Waals surface area (Å²) >= 11 is 0. The molecule has 0 bridgehead atoms. The van der Waals surface area contributed by atoms with Gasteiger partial charge in [-0.3, -0.25) is 9.59 Å². The van der Waals surface area contributed by atoms with Crippen LogP contribution >= 0.6 is 0 Å². The Bertz CT molecular complexity index is 1540. The summed E-state index contributed by atoms with van der Waals surface area (Å²) in [5.41, 5.74) is 2.04. The van der Waals surface area contributed by atoms with Crippen LogP contribution in [0.4, 0.5) is 4.39 Å². The van der Waals surface area contributed by atoms with E-state index in [9.17, 15) is 9.59 Å². The maximum absolute atomic E-state index is 16.0. The van der Waals surface area contributed by atoms with E-state index < -0.39 is 11.9 Å². The van der Waals surface area contributed by atoms with E-state index >= 15 is 4.39 Å². The molecule has 204 valence electrons. The summed E-state index contributed by atoms with van der Waals surface area (Å²) in [6, 6.07) is 2.86. The van der Waals surface area contributed by atoms with Crippen LogP contribution in [0.2, 0.25) is 0 Å². The molecular formula is C28H32FN7O3. The lowest BCUT2D eigenvalue weighted by Gasteiger charge is -2.32. The second-order valence-electron chi connectivity index (χ2n) is 10.6. The largest absolute Gasteiger partial charge is 0.364 e. The number of aryl methyl sites for hydroxylation is 2. The fourth-order valence-corrected chi connectivity index (χ4v) is 5.22. The molecule has 1 saturated carbocycles.